The second-order valence-corrected chi connectivity index (χ2v) is 6.75. The highest BCUT2D eigenvalue weighted by Gasteiger charge is 1.99. The summed E-state index contributed by atoms with van der Waals surface area (Å²) in [7, 11) is 0. The van der Waals surface area contributed by atoms with E-state index in [-0.39, 0.29) is 0 Å². The maximum Gasteiger partial charge on any atom is 0.0967 e. The SMILES string of the molecule is C=Cc1cccc(SCCOCCSc2cccc(C=C)n2)n1. The predicted molar refractivity (Wildman–Crippen MR) is 101 cm³/mol. The quantitative estimate of drug-likeness (QED) is 0.462. The van der Waals surface area contributed by atoms with Gasteiger partial charge in [-0.05, 0) is 36.4 Å². The van der Waals surface area contributed by atoms with Crippen LogP contribution in [0.5, 0.6) is 0 Å². The van der Waals surface area contributed by atoms with Crippen LogP contribution in [0.15, 0.2) is 59.6 Å². The van der Waals surface area contributed by atoms with Crippen molar-refractivity contribution in [2.24, 2.45) is 0 Å². The van der Waals surface area contributed by atoms with E-state index in [4.69, 9.17) is 4.74 Å². The third-order valence-corrected chi connectivity index (χ3v) is 4.65. The molecule has 0 atom stereocenters. The van der Waals surface area contributed by atoms with Gasteiger partial charge in [-0.1, -0.05) is 25.3 Å². The zero-order valence-electron chi connectivity index (χ0n) is 13.0. The van der Waals surface area contributed by atoms with Crippen LogP contribution in [0, 0.1) is 0 Å². The van der Waals surface area contributed by atoms with Gasteiger partial charge in [0.2, 0.25) is 0 Å². The Hall–Kier alpha value is -1.56. The van der Waals surface area contributed by atoms with E-state index in [9.17, 15) is 0 Å². The van der Waals surface area contributed by atoms with Crippen molar-refractivity contribution in [3.8, 4) is 0 Å². The Morgan fingerprint density at radius 2 is 1.30 bits per heavy atom. The highest BCUT2D eigenvalue weighted by molar-refractivity contribution is 7.99. The van der Waals surface area contributed by atoms with E-state index in [1.54, 1.807) is 35.7 Å². The summed E-state index contributed by atoms with van der Waals surface area (Å²) in [5.74, 6) is 1.78. The third kappa shape index (κ3) is 6.60. The molecule has 5 heteroatoms. The van der Waals surface area contributed by atoms with Crippen LogP contribution in [-0.2, 0) is 4.74 Å². The first-order chi connectivity index (χ1) is 11.3. The van der Waals surface area contributed by atoms with Gasteiger partial charge < -0.3 is 4.74 Å². The Morgan fingerprint density at radius 1 is 0.826 bits per heavy atom. The average molecular weight is 345 g/mol. The first kappa shape index (κ1) is 17.8. The average Bonchev–Trinajstić information content (AvgIpc) is 2.61. The highest BCUT2D eigenvalue weighted by atomic mass is 32.2. The lowest BCUT2D eigenvalue weighted by Crippen LogP contribution is -2.02. The minimum absolute atomic E-state index is 0.714. The predicted octanol–water partition coefficient (Wildman–Crippen LogP) is 4.66. The summed E-state index contributed by atoms with van der Waals surface area (Å²) in [5, 5.41) is 2.01. The normalized spacial score (nSPS) is 10.4. The summed E-state index contributed by atoms with van der Waals surface area (Å²) in [4.78, 5) is 8.90. The Balaban J connectivity index is 1.58. The van der Waals surface area contributed by atoms with Gasteiger partial charge in [-0.25, -0.2) is 9.97 Å². The van der Waals surface area contributed by atoms with Gasteiger partial charge in [0.25, 0.3) is 0 Å². The van der Waals surface area contributed by atoms with Gasteiger partial charge in [0.1, 0.15) is 0 Å². The fraction of sp³-hybridized carbons (Fsp3) is 0.222. The number of pyridine rings is 2. The molecule has 0 unspecified atom stereocenters. The summed E-state index contributed by atoms with van der Waals surface area (Å²) in [6.45, 7) is 8.88. The molecule has 3 nitrogen and oxygen atoms in total. The zero-order chi connectivity index (χ0) is 16.3. The molecule has 2 rings (SSSR count). The molecule has 0 amide bonds. The van der Waals surface area contributed by atoms with Crippen LogP contribution in [0.4, 0.5) is 0 Å². The number of hydrogen-bond donors (Lipinski definition) is 0. The molecule has 120 valence electrons. The number of hydrogen-bond acceptors (Lipinski definition) is 5. The number of aromatic nitrogens is 2. The van der Waals surface area contributed by atoms with Gasteiger partial charge in [-0.3, -0.25) is 0 Å². The van der Waals surface area contributed by atoms with Crippen LogP contribution in [0.25, 0.3) is 12.2 Å². The molecule has 2 heterocycles. The van der Waals surface area contributed by atoms with Crippen molar-refractivity contribution in [2.45, 2.75) is 10.1 Å². The Bertz CT molecular complexity index is 591. The van der Waals surface area contributed by atoms with Gasteiger partial charge in [-0.2, -0.15) is 0 Å². The minimum Gasteiger partial charge on any atom is -0.380 e. The molecule has 0 aliphatic heterocycles. The molecular weight excluding hydrogens is 324 g/mol. The number of ether oxygens (including phenoxy) is 1. The van der Waals surface area contributed by atoms with Crippen molar-refractivity contribution in [3.05, 3.63) is 60.9 Å². The molecule has 0 aliphatic rings. The van der Waals surface area contributed by atoms with E-state index < -0.39 is 0 Å². The van der Waals surface area contributed by atoms with E-state index in [2.05, 4.69) is 23.1 Å². The van der Waals surface area contributed by atoms with Crippen molar-refractivity contribution < 1.29 is 4.74 Å². The van der Waals surface area contributed by atoms with Crippen molar-refractivity contribution in [2.75, 3.05) is 24.7 Å². The molecule has 0 spiro atoms. The molecule has 0 aromatic carbocycles. The smallest absolute Gasteiger partial charge is 0.0967 e. The number of thioether (sulfide) groups is 2. The maximum absolute atomic E-state index is 5.65. The fourth-order valence-electron chi connectivity index (χ4n) is 1.76. The van der Waals surface area contributed by atoms with Crippen molar-refractivity contribution >= 4 is 35.7 Å². The second-order valence-electron chi connectivity index (χ2n) is 4.52. The summed E-state index contributed by atoms with van der Waals surface area (Å²) in [6.07, 6.45) is 3.51. The second kappa shape index (κ2) is 10.3. The Labute approximate surface area is 146 Å². The van der Waals surface area contributed by atoms with Crippen LogP contribution in [0.1, 0.15) is 11.4 Å². The van der Waals surface area contributed by atoms with Gasteiger partial charge in [0.15, 0.2) is 0 Å². The number of nitrogens with zero attached hydrogens (tertiary/aromatic N) is 2. The van der Waals surface area contributed by atoms with Crippen LogP contribution in [-0.4, -0.2) is 34.7 Å². The molecule has 0 N–H and O–H groups in total. The van der Waals surface area contributed by atoms with Gasteiger partial charge in [0, 0.05) is 11.5 Å². The Morgan fingerprint density at radius 3 is 1.74 bits per heavy atom. The molecule has 2 aromatic rings. The lowest BCUT2D eigenvalue weighted by Gasteiger charge is -2.05. The van der Waals surface area contributed by atoms with Crippen LogP contribution >= 0.6 is 23.5 Å². The minimum atomic E-state index is 0.714. The molecule has 2 aromatic heterocycles. The lowest BCUT2D eigenvalue weighted by molar-refractivity contribution is 0.167. The molecule has 0 bridgehead atoms. The van der Waals surface area contributed by atoms with E-state index in [1.165, 1.54) is 0 Å². The van der Waals surface area contributed by atoms with Gasteiger partial charge in [0.05, 0.1) is 34.7 Å². The standard InChI is InChI=1S/C18H20N2OS2/c1-3-15-7-5-9-17(19-15)22-13-11-21-12-14-23-18-10-6-8-16(4-2)20-18/h3-10H,1-2,11-14H2. The topological polar surface area (TPSA) is 35.0 Å². The Kier molecular flexibility index (Phi) is 7.93. The van der Waals surface area contributed by atoms with E-state index in [1.807, 2.05) is 36.4 Å². The lowest BCUT2D eigenvalue weighted by atomic mass is 10.3. The molecule has 0 saturated carbocycles. The van der Waals surface area contributed by atoms with Gasteiger partial charge >= 0.3 is 0 Å². The number of rotatable bonds is 10. The van der Waals surface area contributed by atoms with E-state index in [0.717, 1.165) is 32.9 Å². The molecule has 0 radical (unpaired) electrons. The van der Waals surface area contributed by atoms with Crippen LogP contribution < -0.4 is 0 Å². The first-order valence-corrected chi connectivity index (χ1v) is 9.31. The maximum atomic E-state index is 5.65. The molecule has 23 heavy (non-hydrogen) atoms. The van der Waals surface area contributed by atoms with Crippen molar-refractivity contribution in [1.82, 2.24) is 9.97 Å². The first-order valence-electron chi connectivity index (χ1n) is 7.34. The summed E-state index contributed by atoms with van der Waals surface area (Å²) < 4.78 is 5.65. The molecule has 0 saturated heterocycles. The van der Waals surface area contributed by atoms with Crippen LogP contribution in [0.3, 0.4) is 0 Å². The van der Waals surface area contributed by atoms with Crippen molar-refractivity contribution in [1.29, 1.82) is 0 Å². The summed E-state index contributed by atoms with van der Waals surface area (Å²) >= 11 is 3.39. The molecular formula is C18H20N2OS2. The van der Waals surface area contributed by atoms with Crippen LogP contribution in [0.2, 0.25) is 0 Å². The van der Waals surface area contributed by atoms with E-state index in [0.29, 0.717) is 13.2 Å². The van der Waals surface area contributed by atoms with Crippen molar-refractivity contribution in [3.63, 3.8) is 0 Å². The highest BCUT2D eigenvalue weighted by Crippen LogP contribution is 2.17. The fourth-order valence-corrected chi connectivity index (χ4v) is 3.27. The summed E-state index contributed by atoms with van der Waals surface area (Å²) in [5.41, 5.74) is 1.81. The largest absolute Gasteiger partial charge is 0.380 e. The van der Waals surface area contributed by atoms with E-state index >= 15 is 0 Å². The summed E-state index contributed by atoms with van der Waals surface area (Å²) in [6, 6.07) is 11.9. The monoisotopic (exact) mass is 344 g/mol. The molecule has 0 fully saturated rings. The van der Waals surface area contributed by atoms with Gasteiger partial charge in [-0.15, -0.1) is 23.5 Å². The zero-order valence-corrected chi connectivity index (χ0v) is 14.6. The third-order valence-electron chi connectivity index (χ3n) is 2.86. The molecule has 0 aliphatic carbocycles.